The second kappa shape index (κ2) is 3.59. The number of carbonyl (C=O) groups excluding carboxylic acids is 1. The highest BCUT2D eigenvalue weighted by atomic mass is 16.4. The van der Waals surface area contributed by atoms with Crippen LogP contribution in [-0.4, -0.2) is 16.8 Å². The summed E-state index contributed by atoms with van der Waals surface area (Å²) in [5, 5.41) is 11.4. The Bertz CT molecular complexity index is 271. The number of amidine groups is 1. The van der Waals surface area contributed by atoms with E-state index in [1.165, 1.54) is 0 Å². The summed E-state index contributed by atoms with van der Waals surface area (Å²) in [5.74, 6) is 0.988. The van der Waals surface area contributed by atoms with Crippen LogP contribution in [0.3, 0.4) is 0 Å². The minimum absolute atomic E-state index is 0.0128. The smallest absolute Gasteiger partial charge is 0.139 e. The molecule has 0 aromatic heterocycles. The van der Waals surface area contributed by atoms with E-state index in [1.54, 1.807) is 6.92 Å². The van der Waals surface area contributed by atoms with Crippen LogP contribution in [0.5, 0.6) is 0 Å². The van der Waals surface area contributed by atoms with Crippen molar-refractivity contribution in [2.45, 2.75) is 33.6 Å². The van der Waals surface area contributed by atoms with Crippen LogP contribution in [0.2, 0.25) is 0 Å². The molecule has 0 aromatic rings. The lowest BCUT2D eigenvalue weighted by atomic mass is 9.52. The number of nitrogens with zero attached hydrogens (tertiary/aromatic N) is 1. The summed E-state index contributed by atoms with van der Waals surface area (Å²) in [4.78, 5) is 11.2. The summed E-state index contributed by atoms with van der Waals surface area (Å²) < 4.78 is 0. The number of Topliss-reactive ketones (excluding diaryl/α,β-unsaturated/α-hetero) is 1. The maximum Gasteiger partial charge on any atom is 0.139 e. The van der Waals surface area contributed by atoms with Gasteiger partial charge in [0, 0.05) is 12.3 Å². The molecular weight excluding hydrogens is 180 g/mol. The Hall–Kier alpha value is -1.06. The fourth-order valence-corrected chi connectivity index (χ4v) is 2.35. The zero-order valence-electron chi connectivity index (χ0n) is 8.95. The first-order chi connectivity index (χ1) is 6.39. The van der Waals surface area contributed by atoms with Crippen molar-refractivity contribution in [3.63, 3.8) is 0 Å². The highest BCUT2D eigenvalue weighted by Gasteiger charge is 2.50. The molecule has 0 bridgehead atoms. The van der Waals surface area contributed by atoms with Gasteiger partial charge in [-0.25, -0.2) is 0 Å². The summed E-state index contributed by atoms with van der Waals surface area (Å²) in [6.45, 7) is 5.77. The van der Waals surface area contributed by atoms with E-state index in [0.29, 0.717) is 12.3 Å². The standard InChI is InChI=1S/C10H18N2O2/c1-6(13)8-4-7(10(8,2)3)5-9(11)12-14/h7-8,14H,4-5H2,1-3H3,(H2,11,12)/t7-,8+/m0/s1. The highest BCUT2D eigenvalue weighted by molar-refractivity contribution is 5.82. The van der Waals surface area contributed by atoms with Gasteiger partial charge < -0.3 is 10.9 Å². The average Bonchev–Trinajstić information content (AvgIpc) is 2.10. The van der Waals surface area contributed by atoms with Gasteiger partial charge in [-0.15, -0.1) is 0 Å². The Morgan fingerprint density at radius 3 is 2.57 bits per heavy atom. The van der Waals surface area contributed by atoms with Crippen molar-refractivity contribution < 1.29 is 10.0 Å². The van der Waals surface area contributed by atoms with Crippen molar-refractivity contribution in [1.29, 1.82) is 0 Å². The van der Waals surface area contributed by atoms with Gasteiger partial charge >= 0.3 is 0 Å². The van der Waals surface area contributed by atoms with Crippen LogP contribution in [0.25, 0.3) is 0 Å². The summed E-state index contributed by atoms with van der Waals surface area (Å²) in [5.41, 5.74) is 5.43. The van der Waals surface area contributed by atoms with Gasteiger partial charge in [0.15, 0.2) is 0 Å². The summed E-state index contributed by atoms with van der Waals surface area (Å²) >= 11 is 0. The molecule has 1 saturated carbocycles. The maximum absolute atomic E-state index is 11.2. The van der Waals surface area contributed by atoms with Gasteiger partial charge in [0.2, 0.25) is 0 Å². The van der Waals surface area contributed by atoms with Crippen molar-refractivity contribution in [2.24, 2.45) is 28.1 Å². The fraction of sp³-hybridized carbons (Fsp3) is 0.800. The lowest BCUT2D eigenvalue weighted by Gasteiger charge is -2.51. The first-order valence-electron chi connectivity index (χ1n) is 4.86. The van der Waals surface area contributed by atoms with Crippen molar-refractivity contribution in [2.75, 3.05) is 0 Å². The van der Waals surface area contributed by atoms with Gasteiger partial charge in [-0.05, 0) is 24.7 Å². The molecule has 1 aliphatic rings. The number of oxime groups is 1. The van der Waals surface area contributed by atoms with Gasteiger partial charge in [-0.1, -0.05) is 19.0 Å². The molecule has 1 fully saturated rings. The summed E-state index contributed by atoms with van der Waals surface area (Å²) in [6.07, 6.45) is 1.44. The van der Waals surface area contributed by atoms with Crippen LogP contribution in [0.15, 0.2) is 5.16 Å². The first-order valence-corrected chi connectivity index (χ1v) is 4.86. The van der Waals surface area contributed by atoms with E-state index in [4.69, 9.17) is 10.9 Å². The molecule has 0 saturated heterocycles. The molecule has 2 atom stereocenters. The molecule has 1 aliphatic carbocycles. The van der Waals surface area contributed by atoms with Crippen LogP contribution in [0.4, 0.5) is 0 Å². The molecule has 0 heterocycles. The van der Waals surface area contributed by atoms with E-state index >= 15 is 0 Å². The number of carbonyl (C=O) groups is 1. The third-order valence-corrected chi connectivity index (χ3v) is 3.55. The molecule has 0 aromatic carbocycles. The predicted octanol–water partition coefficient (Wildman–Crippen LogP) is 1.37. The molecule has 4 heteroatoms. The van der Waals surface area contributed by atoms with Crippen LogP contribution in [0, 0.1) is 17.3 Å². The molecule has 0 spiro atoms. The minimum atomic E-state index is -0.0128. The number of ketones is 1. The van der Waals surface area contributed by atoms with Gasteiger partial charge in [0.1, 0.15) is 11.6 Å². The number of rotatable bonds is 3. The average molecular weight is 198 g/mol. The zero-order chi connectivity index (χ0) is 10.9. The van der Waals surface area contributed by atoms with Crippen LogP contribution < -0.4 is 5.73 Å². The quantitative estimate of drug-likeness (QED) is 0.311. The SMILES string of the molecule is CC(=O)[C@H]1C[C@@H](C/C(N)=N/O)C1(C)C. The van der Waals surface area contributed by atoms with Crippen molar-refractivity contribution in [3.8, 4) is 0 Å². The second-order valence-corrected chi connectivity index (χ2v) is 4.71. The monoisotopic (exact) mass is 198 g/mol. The third kappa shape index (κ3) is 1.74. The largest absolute Gasteiger partial charge is 0.409 e. The normalized spacial score (nSPS) is 30.9. The van der Waals surface area contributed by atoms with Crippen LogP contribution in [-0.2, 0) is 4.79 Å². The third-order valence-electron chi connectivity index (χ3n) is 3.55. The Kier molecular flexibility index (Phi) is 2.83. The fourth-order valence-electron chi connectivity index (χ4n) is 2.35. The topological polar surface area (TPSA) is 75.7 Å². The van der Waals surface area contributed by atoms with E-state index in [2.05, 4.69) is 19.0 Å². The number of hydrogen-bond acceptors (Lipinski definition) is 3. The number of hydrogen-bond donors (Lipinski definition) is 2. The molecule has 4 nitrogen and oxygen atoms in total. The van der Waals surface area contributed by atoms with Gasteiger partial charge in [0.25, 0.3) is 0 Å². The lowest BCUT2D eigenvalue weighted by molar-refractivity contribution is -0.135. The van der Waals surface area contributed by atoms with E-state index in [0.717, 1.165) is 6.42 Å². The van der Waals surface area contributed by atoms with Crippen LogP contribution >= 0.6 is 0 Å². The van der Waals surface area contributed by atoms with Crippen molar-refractivity contribution >= 4 is 11.6 Å². The maximum atomic E-state index is 11.2. The van der Waals surface area contributed by atoms with E-state index in [-0.39, 0.29) is 23.0 Å². The highest BCUT2D eigenvalue weighted by Crippen LogP contribution is 2.53. The molecule has 0 amide bonds. The minimum Gasteiger partial charge on any atom is -0.409 e. The van der Waals surface area contributed by atoms with E-state index in [1.807, 2.05) is 0 Å². The zero-order valence-corrected chi connectivity index (χ0v) is 8.95. The van der Waals surface area contributed by atoms with E-state index in [9.17, 15) is 4.79 Å². The number of nitrogens with two attached hydrogens (primary N) is 1. The Balaban J connectivity index is 2.59. The molecule has 14 heavy (non-hydrogen) atoms. The molecule has 0 unspecified atom stereocenters. The Labute approximate surface area is 84.2 Å². The summed E-state index contributed by atoms with van der Waals surface area (Å²) in [6, 6.07) is 0. The van der Waals surface area contributed by atoms with Gasteiger partial charge in [-0.3, -0.25) is 4.79 Å². The predicted molar refractivity (Wildman–Crippen MR) is 54.1 cm³/mol. The van der Waals surface area contributed by atoms with Crippen molar-refractivity contribution in [3.05, 3.63) is 0 Å². The van der Waals surface area contributed by atoms with E-state index < -0.39 is 0 Å². The Morgan fingerprint density at radius 1 is 1.64 bits per heavy atom. The van der Waals surface area contributed by atoms with Gasteiger partial charge in [0.05, 0.1) is 0 Å². The molecule has 3 N–H and O–H groups in total. The molecule has 0 aliphatic heterocycles. The molecule has 1 rings (SSSR count). The second-order valence-electron chi connectivity index (χ2n) is 4.71. The van der Waals surface area contributed by atoms with Crippen molar-refractivity contribution in [1.82, 2.24) is 0 Å². The lowest BCUT2D eigenvalue weighted by Crippen LogP contribution is -2.49. The first kappa shape index (κ1) is 11.0. The summed E-state index contributed by atoms with van der Waals surface area (Å²) in [7, 11) is 0. The Morgan fingerprint density at radius 2 is 2.21 bits per heavy atom. The molecular formula is C10H18N2O2. The molecule has 0 radical (unpaired) electrons. The molecule has 80 valence electrons. The van der Waals surface area contributed by atoms with Crippen LogP contribution in [0.1, 0.15) is 33.6 Å². The van der Waals surface area contributed by atoms with Gasteiger partial charge in [-0.2, -0.15) is 0 Å².